The molecule has 6 nitrogen and oxygen atoms in total. The monoisotopic (exact) mass is 382 g/mol. The zero-order valence-corrected chi connectivity index (χ0v) is 14.6. The highest BCUT2D eigenvalue weighted by atomic mass is 19.3. The number of carbonyl (C=O) groups excluding carboxylic acids is 2. The van der Waals surface area contributed by atoms with Gasteiger partial charge in [0.1, 0.15) is 29.3 Å². The zero-order valence-electron chi connectivity index (χ0n) is 14.6. The van der Waals surface area contributed by atoms with Gasteiger partial charge in [-0.25, -0.2) is 4.79 Å². The van der Waals surface area contributed by atoms with E-state index in [1.807, 2.05) is 0 Å². The maximum absolute atomic E-state index is 12.5. The number of alkyl halides is 2. The van der Waals surface area contributed by atoms with Gasteiger partial charge >= 0.3 is 12.6 Å². The summed E-state index contributed by atoms with van der Waals surface area (Å²) in [7, 11) is 0. The molecule has 27 heavy (non-hydrogen) atoms. The topological polar surface area (TPSA) is 93.1 Å². The average molecular weight is 382 g/mol. The van der Waals surface area contributed by atoms with E-state index in [9.17, 15) is 28.6 Å². The smallest absolute Gasteiger partial charge is 0.387 e. The minimum Gasteiger partial charge on any atom is -0.507 e. The van der Waals surface area contributed by atoms with E-state index in [1.165, 1.54) is 24.3 Å². The summed E-state index contributed by atoms with van der Waals surface area (Å²) in [5.74, 6) is -2.15. The van der Waals surface area contributed by atoms with Gasteiger partial charge in [-0.05, 0) is 37.5 Å². The second kappa shape index (κ2) is 9.27. The van der Waals surface area contributed by atoms with E-state index in [0.717, 1.165) is 6.07 Å². The highest BCUT2D eigenvalue weighted by molar-refractivity contribution is 5.97. The van der Waals surface area contributed by atoms with Crippen LogP contribution in [0.2, 0.25) is 0 Å². The van der Waals surface area contributed by atoms with E-state index >= 15 is 0 Å². The number of rotatable bonds is 2. The van der Waals surface area contributed by atoms with Crippen LogP contribution in [0.25, 0.3) is 6.08 Å². The number of ether oxygens (including phenoxy) is 2. The Labute approximate surface area is 154 Å². The van der Waals surface area contributed by atoms with E-state index in [4.69, 9.17) is 4.74 Å². The Balaban J connectivity index is 2.41. The fourth-order valence-corrected chi connectivity index (χ4v) is 2.53. The van der Waals surface area contributed by atoms with Crippen LogP contribution in [0, 0.1) is 0 Å². The molecule has 0 unspecified atom stereocenters. The van der Waals surface area contributed by atoms with Gasteiger partial charge in [0.25, 0.3) is 0 Å². The number of phenols is 1. The number of esters is 1. The van der Waals surface area contributed by atoms with Gasteiger partial charge in [0.05, 0.1) is 0 Å². The summed E-state index contributed by atoms with van der Waals surface area (Å²) in [6, 6.07) is 2.09. The summed E-state index contributed by atoms with van der Waals surface area (Å²) in [5, 5.41) is 19.9. The lowest BCUT2D eigenvalue weighted by Gasteiger charge is -2.15. The number of halogens is 2. The molecule has 2 rings (SSSR count). The van der Waals surface area contributed by atoms with Crippen molar-refractivity contribution in [3.05, 3.63) is 41.5 Å². The van der Waals surface area contributed by atoms with Crippen molar-refractivity contribution in [2.24, 2.45) is 0 Å². The van der Waals surface area contributed by atoms with Crippen molar-refractivity contribution in [1.82, 2.24) is 0 Å². The van der Waals surface area contributed by atoms with Crippen LogP contribution in [0.15, 0.2) is 30.4 Å². The van der Waals surface area contributed by atoms with Gasteiger partial charge in [0.2, 0.25) is 0 Å². The number of hydrogen-bond acceptors (Lipinski definition) is 6. The number of aliphatic hydroxyl groups is 1. The summed E-state index contributed by atoms with van der Waals surface area (Å²) in [6.45, 7) is -1.50. The average Bonchev–Trinajstić information content (AvgIpc) is 2.56. The van der Waals surface area contributed by atoms with Crippen molar-refractivity contribution in [1.29, 1.82) is 0 Å². The molecular formula is C19H20F2O6. The lowest BCUT2D eigenvalue weighted by atomic mass is 10.0. The molecule has 0 saturated carbocycles. The van der Waals surface area contributed by atoms with Crippen LogP contribution in [0.4, 0.5) is 8.78 Å². The van der Waals surface area contributed by atoms with Gasteiger partial charge in [0, 0.05) is 12.5 Å². The molecule has 1 heterocycles. The summed E-state index contributed by atoms with van der Waals surface area (Å²) < 4.78 is 34.4. The molecule has 2 atom stereocenters. The van der Waals surface area contributed by atoms with E-state index in [-0.39, 0.29) is 36.1 Å². The van der Waals surface area contributed by atoms with Crippen molar-refractivity contribution < 1.29 is 38.1 Å². The number of allylic oxidation sites excluding steroid dienone is 1. The first kappa shape index (κ1) is 20.6. The minimum absolute atomic E-state index is 0.122. The first-order valence-electron chi connectivity index (χ1n) is 8.35. The van der Waals surface area contributed by atoms with Crippen LogP contribution in [0.1, 0.15) is 42.1 Å². The van der Waals surface area contributed by atoms with Gasteiger partial charge in [-0.15, -0.1) is 0 Å². The largest absolute Gasteiger partial charge is 0.507 e. The standard InChI is InChI=1S/C19H20F2O6/c1-11-5-4-8-15(23)14(22)7-3-2-6-12-9-13(27-19(20)21)10-16(24)17(12)18(25)26-11/h2,4,6,8-11,14,19,22,24H,3,5,7H2,1H3/b6-2+,8-4-/t11-,14-/m0/s1. The van der Waals surface area contributed by atoms with Gasteiger partial charge in [0.15, 0.2) is 5.78 Å². The molecule has 8 heteroatoms. The van der Waals surface area contributed by atoms with E-state index in [2.05, 4.69) is 4.74 Å². The number of benzene rings is 1. The van der Waals surface area contributed by atoms with Crippen LogP contribution in [-0.4, -0.2) is 40.8 Å². The summed E-state index contributed by atoms with van der Waals surface area (Å²) >= 11 is 0. The molecule has 1 aromatic rings. The molecule has 1 aromatic carbocycles. The van der Waals surface area contributed by atoms with Gasteiger partial charge in [-0.2, -0.15) is 8.78 Å². The molecule has 146 valence electrons. The van der Waals surface area contributed by atoms with Crippen molar-refractivity contribution in [3.8, 4) is 11.5 Å². The number of aliphatic hydroxyl groups excluding tert-OH is 1. The van der Waals surface area contributed by atoms with Crippen LogP contribution in [-0.2, 0) is 9.53 Å². The Morgan fingerprint density at radius 2 is 1.96 bits per heavy atom. The number of aromatic hydroxyl groups is 1. The van der Waals surface area contributed by atoms with Crippen LogP contribution < -0.4 is 4.74 Å². The number of fused-ring (bicyclic) bond motifs is 1. The highest BCUT2D eigenvalue weighted by Gasteiger charge is 2.22. The fourth-order valence-electron chi connectivity index (χ4n) is 2.53. The predicted molar refractivity (Wildman–Crippen MR) is 92.7 cm³/mol. The molecule has 0 spiro atoms. The van der Waals surface area contributed by atoms with Gasteiger partial charge in [-0.1, -0.05) is 18.2 Å². The van der Waals surface area contributed by atoms with Crippen LogP contribution in [0.5, 0.6) is 11.5 Å². The van der Waals surface area contributed by atoms with Gasteiger partial charge in [-0.3, -0.25) is 4.79 Å². The zero-order chi connectivity index (χ0) is 20.0. The Hall–Kier alpha value is -2.74. The molecule has 0 bridgehead atoms. The Kier molecular flexibility index (Phi) is 7.06. The number of carbonyl (C=O) groups is 2. The molecule has 0 saturated heterocycles. The number of phenolic OH excluding ortho intramolecular Hbond substituents is 1. The SMILES string of the molecule is C[C@H]1C/C=C\C(=O)[C@@H](O)CC/C=C/c2cc(OC(F)F)cc(O)c2C(=O)O1. The fraction of sp³-hybridized carbons (Fsp3) is 0.368. The minimum atomic E-state index is -3.09. The molecular weight excluding hydrogens is 362 g/mol. The van der Waals surface area contributed by atoms with Crippen molar-refractivity contribution in [3.63, 3.8) is 0 Å². The van der Waals surface area contributed by atoms with Crippen LogP contribution in [0.3, 0.4) is 0 Å². The molecule has 0 radical (unpaired) electrons. The van der Waals surface area contributed by atoms with E-state index in [1.54, 1.807) is 13.0 Å². The maximum Gasteiger partial charge on any atom is 0.387 e. The number of cyclic esters (lactones) is 1. The third-order valence-corrected chi connectivity index (χ3v) is 3.84. The molecule has 2 N–H and O–H groups in total. The van der Waals surface area contributed by atoms with E-state index in [0.29, 0.717) is 0 Å². The Morgan fingerprint density at radius 3 is 2.67 bits per heavy atom. The molecule has 0 aliphatic carbocycles. The van der Waals surface area contributed by atoms with E-state index < -0.39 is 36.3 Å². The quantitative estimate of drug-likeness (QED) is 0.763. The normalized spacial score (nSPS) is 23.9. The molecule has 0 amide bonds. The lowest BCUT2D eigenvalue weighted by molar-refractivity contribution is -0.122. The second-order valence-corrected chi connectivity index (χ2v) is 6.04. The lowest BCUT2D eigenvalue weighted by Crippen LogP contribution is -2.19. The molecule has 1 aliphatic rings. The predicted octanol–water partition coefficient (Wildman–Crippen LogP) is 3.22. The maximum atomic E-state index is 12.5. The Bertz CT molecular complexity index is 757. The van der Waals surface area contributed by atoms with Gasteiger partial charge < -0.3 is 19.7 Å². The number of hydrogen-bond donors (Lipinski definition) is 2. The molecule has 0 fully saturated rings. The van der Waals surface area contributed by atoms with Crippen molar-refractivity contribution in [2.45, 2.75) is 45.0 Å². The summed E-state index contributed by atoms with van der Waals surface area (Å²) in [4.78, 5) is 24.2. The Morgan fingerprint density at radius 1 is 1.22 bits per heavy atom. The van der Waals surface area contributed by atoms with Crippen LogP contribution >= 0.6 is 0 Å². The first-order chi connectivity index (χ1) is 12.8. The molecule has 1 aliphatic heterocycles. The van der Waals surface area contributed by atoms with Crippen molar-refractivity contribution in [2.75, 3.05) is 0 Å². The summed E-state index contributed by atoms with van der Waals surface area (Å²) in [5.41, 5.74) is -0.0614. The highest BCUT2D eigenvalue weighted by Crippen LogP contribution is 2.31. The third kappa shape index (κ3) is 5.89. The third-order valence-electron chi connectivity index (χ3n) is 3.84. The first-order valence-corrected chi connectivity index (χ1v) is 8.35. The second-order valence-electron chi connectivity index (χ2n) is 6.04. The van der Waals surface area contributed by atoms with Crippen molar-refractivity contribution >= 4 is 17.8 Å². The summed E-state index contributed by atoms with van der Waals surface area (Å²) in [6.07, 6.45) is 4.56. The number of ketones is 1. The molecule has 0 aromatic heterocycles.